The molecule has 4 rings (SSSR count). The molecule has 1 aromatic heterocycles. The zero-order chi connectivity index (χ0) is 30.6. The predicted molar refractivity (Wildman–Crippen MR) is 164 cm³/mol. The van der Waals surface area contributed by atoms with Crippen molar-refractivity contribution in [1.29, 1.82) is 0 Å². The van der Waals surface area contributed by atoms with Crippen LogP contribution in [0.3, 0.4) is 0 Å². The van der Waals surface area contributed by atoms with Crippen molar-refractivity contribution in [3.63, 3.8) is 0 Å². The maximum absolute atomic E-state index is 13.0. The van der Waals surface area contributed by atoms with Gasteiger partial charge in [0.1, 0.15) is 22.9 Å². The third kappa shape index (κ3) is 7.90. The zero-order valence-electron chi connectivity index (χ0n) is 22.0. The molecule has 42 heavy (non-hydrogen) atoms. The number of carboxylic acids is 2. The van der Waals surface area contributed by atoms with Crippen LogP contribution in [0.2, 0.25) is 10.0 Å². The highest BCUT2D eigenvalue weighted by molar-refractivity contribution is 8.01. The minimum atomic E-state index is -1.22. The number of fused-ring (bicyclic) bond motifs is 1. The Bertz CT molecular complexity index is 1410. The summed E-state index contributed by atoms with van der Waals surface area (Å²) in [7, 11) is 0. The summed E-state index contributed by atoms with van der Waals surface area (Å²) in [5.41, 5.74) is 0.495. The lowest BCUT2D eigenvalue weighted by Gasteiger charge is -2.49. The van der Waals surface area contributed by atoms with Crippen LogP contribution in [0.5, 0.6) is 0 Å². The SMILES string of the molecule is C[S@+]([O-])CCC(C(=O)O)[n+]1ccc(SCC2=C(C(=O)O)N3C(=O)[C@H](NC(=O)CSc4cc(Cl)ccc4Cl)[C@H]3SC2)cc1. The van der Waals surface area contributed by atoms with Crippen molar-refractivity contribution in [3.05, 3.63) is 64.0 Å². The van der Waals surface area contributed by atoms with Crippen LogP contribution in [0.25, 0.3) is 0 Å². The Hall–Kier alpha value is -2.07. The maximum atomic E-state index is 13.0. The van der Waals surface area contributed by atoms with E-state index in [1.54, 1.807) is 42.7 Å². The quantitative estimate of drug-likeness (QED) is 0.124. The Balaban J connectivity index is 1.36. The van der Waals surface area contributed by atoms with Crippen molar-refractivity contribution < 1.29 is 38.5 Å². The first-order valence-corrected chi connectivity index (χ1v) is 17.9. The summed E-state index contributed by atoms with van der Waals surface area (Å²) < 4.78 is 12.9. The monoisotopic (exact) mass is 690 g/mol. The first kappa shape index (κ1) is 32.8. The van der Waals surface area contributed by atoms with Gasteiger partial charge in [0, 0.05) is 38.5 Å². The van der Waals surface area contributed by atoms with Crippen molar-refractivity contribution >= 4 is 93.4 Å². The van der Waals surface area contributed by atoms with Crippen molar-refractivity contribution in [3.8, 4) is 0 Å². The molecule has 0 spiro atoms. The second-order valence-corrected chi connectivity index (χ2v) is 14.8. The molecule has 2 amide bonds. The highest BCUT2D eigenvalue weighted by Crippen LogP contribution is 2.41. The molecular weight excluding hydrogens is 665 g/mol. The Morgan fingerprint density at radius 1 is 1.21 bits per heavy atom. The average molecular weight is 692 g/mol. The summed E-state index contributed by atoms with van der Waals surface area (Å²) in [6.07, 6.45) is 5.01. The molecule has 0 bridgehead atoms. The van der Waals surface area contributed by atoms with Crippen LogP contribution < -0.4 is 9.88 Å². The van der Waals surface area contributed by atoms with Crippen LogP contribution in [0.1, 0.15) is 12.5 Å². The Labute approximate surface area is 267 Å². The first-order valence-electron chi connectivity index (χ1n) is 12.4. The largest absolute Gasteiger partial charge is 0.617 e. The Morgan fingerprint density at radius 3 is 2.57 bits per heavy atom. The van der Waals surface area contributed by atoms with Gasteiger partial charge in [0.25, 0.3) is 11.9 Å². The summed E-state index contributed by atoms with van der Waals surface area (Å²) in [5, 5.41) is 22.6. The van der Waals surface area contributed by atoms with E-state index < -0.39 is 46.5 Å². The van der Waals surface area contributed by atoms with E-state index >= 15 is 0 Å². The van der Waals surface area contributed by atoms with Crippen LogP contribution in [-0.4, -0.2) is 84.1 Å². The Morgan fingerprint density at radius 2 is 1.93 bits per heavy atom. The number of hydrogen-bond donors (Lipinski definition) is 3. The normalized spacial score (nSPS) is 19.5. The van der Waals surface area contributed by atoms with Gasteiger partial charge in [0.05, 0.1) is 23.5 Å². The molecular formula is C26H26Cl2N3O7S4+. The van der Waals surface area contributed by atoms with Gasteiger partial charge >= 0.3 is 11.9 Å². The lowest BCUT2D eigenvalue weighted by Crippen LogP contribution is -2.70. The molecule has 2 aliphatic rings. The predicted octanol–water partition coefficient (Wildman–Crippen LogP) is 3.30. The molecule has 1 aromatic carbocycles. The van der Waals surface area contributed by atoms with Crippen molar-refractivity contribution in [2.75, 3.05) is 29.3 Å². The van der Waals surface area contributed by atoms with Gasteiger partial charge in [-0.15, -0.1) is 35.3 Å². The van der Waals surface area contributed by atoms with E-state index in [0.29, 0.717) is 32.0 Å². The molecule has 1 fully saturated rings. The summed E-state index contributed by atoms with van der Waals surface area (Å²) in [4.78, 5) is 52.0. The van der Waals surface area contributed by atoms with Gasteiger partial charge in [-0.3, -0.25) is 14.5 Å². The number of amides is 2. The van der Waals surface area contributed by atoms with Crippen molar-refractivity contribution in [2.24, 2.45) is 0 Å². The number of benzene rings is 1. The highest BCUT2D eigenvalue weighted by Gasteiger charge is 2.54. The number of pyridine rings is 1. The van der Waals surface area contributed by atoms with E-state index in [2.05, 4.69) is 5.32 Å². The van der Waals surface area contributed by atoms with Crippen LogP contribution >= 0.6 is 58.5 Å². The maximum Gasteiger partial charge on any atom is 0.373 e. The van der Waals surface area contributed by atoms with Gasteiger partial charge in [-0.25, -0.2) is 9.59 Å². The van der Waals surface area contributed by atoms with Crippen LogP contribution in [0, 0.1) is 0 Å². The summed E-state index contributed by atoms with van der Waals surface area (Å²) in [6.45, 7) is 0. The number of β-lactam (4-membered cyclic amide) rings is 1. The molecule has 3 N–H and O–H groups in total. The topological polar surface area (TPSA) is 151 Å². The van der Waals surface area contributed by atoms with Gasteiger partial charge in [-0.05, 0) is 23.8 Å². The van der Waals surface area contributed by atoms with Gasteiger partial charge in [0.2, 0.25) is 5.91 Å². The fourth-order valence-electron chi connectivity index (χ4n) is 4.32. The standard InChI is InChI=1S/C26H25Cl2N3O7S4/c1-42(38)9-6-18(25(34)35)30-7-4-16(5-8-30)39-11-14-12-41-24-21(23(33)31(24)22(14)26(36)37)29-20(32)13-40-19-10-15(27)2-3-17(19)28/h2-5,7-8,10,18,21,24H,6,9,11-13H2,1H3,(H2-,29,32,34,35,36,37)/p+1/t18?,21-,24+,42-/m0/s1. The molecule has 1 saturated heterocycles. The molecule has 0 aliphatic carbocycles. The highest BCUT2D eigenvalue weighted by atomic mass is 35.5. The molecule has 4 atom stereocenters. The van der Waals surface area contributed by atoms with Gasteiger partial charge in [-0.2, -0.15) is 4.57 Å². The van der Waals surface area contributed by atoms with E-state index in [-0.39, 0.29) is 29.5 Å². The van der Waals surface area contributed by atoms with Crippen LogP contribution in [-0.2, 0) is 30.4 Å². The smallest absolute Gasteiger partial charge is 0.373 e. The van der Waals surface area contributed by atoms with Crippen molar-refractivity contribution in [1.82, 2.24) is 10.2 Å². The van der Waals surface area contributed by atoms with Gasteiger partial charge in [-0.1, -0.05) is 34.4 Å². The van der Waals surface area contributed by atoms with E-state index in [1.165, 1.54) is 51.0 Å². The molecule has 16 heteroatoms. The molecule has 2 aliphatic heterocycles. The summed E-state index contributed by atoms with van der Waals surface area (Å²) >= 11 is 15.0. The Kier molecular flexibility index (Phi) is 11.4. The molecule has 0 saturated carbocycles. The number of rotatable bonds is 13. The minimum absolute atomic E-state index is 0.00709. The lowest BCUT2D eigenvalue weighted by molar-refractivity contribution is -0.711. The summed E-state index contributed by atoms with van der Waals surface area (Å²) in [6, 6.07) is 6.71. The number of halogens is 2. The first-order chi connectivity index (χ1) is 20.0. The third-order valence-electron chi connectivity index (χ3n) is 6.38. The number of hydrogen-bond acceptors (Lipinski definition) is 8. The molecule has 0 radical (unpaired) electrons. The molecule has 10 nitrogen and oxygen atoms in total. The van der Waals surface area contributed by atoms with E-state index in [9.17, 15) is 33.9 Å². The fraction of sp³-hybridized carbons (Fsp3) is 0.346. The van der Waals surface area contributed by atoms with E-state index in [4.69, 9.17) is 23.2 Å². The lowest BCUT2D eigenvalue weighted by atomic mass is 10.0. The number of aromatic nitrogens is 1. The minimum Gasteiger partial charge on any atom is -0.617 e. The van der Waals surface area contributed by atoms with Crippen LogP contribution in [0.4, 0.5) is 0 Å². The summed E-state index contributed by atoms with van der Waals surface area (Å²) in [5.74, 6) is -2.16. The average Bonchev–Trinajstić information content (AvgIpc) is 2.95. The van der Waals surface area contributed by atoms with Crippen LogP contribution in [0.15, 0.2) is 63.8 Å². The number of aliphatic carboxylic acids is 2. The third-order valence-corrected chi connectivity index (χ3v) is 11.4. The van der Waals surface area contributed by atoms with Gasteiger partial charge < -0.3 is 20.1 Å². The molecule has 224 valence electrons. The number of nitrogens with zero attached hydrogens (tertiary/aromatic N) is 2. The number of carbonyl (C=O) groups is 4. The zero-order valence-corrected chi connectivity index (χ0v) is 26.8. The number of carboxylic acid groups (broad SMARTS) is 2. The van der Waals surface area contributed by atoms with E-state index in [0.717, 1.165) is 4.90 Å². The second kappa shape index (κ2) is 14.6. The number of nitrogens with one attached hydrogen (secondary N) is 1. The second-order valence-electron chi connectivity index (χ2n) is 9.27. The molecule has 2 aromatic rings. The molecule has 3 heterocycles. The number of thioether (sulfide) groups is 3. The fourth-order valence-corrected chi connectivity index (χ4v) is 8.55. The van der Waals surface area contributed by atoms with Gasteiger partial charge in [0.15, 0.2) is 12.4 Å². The molecule has 1 unspecified atom stereocenters. The van der Waals surface area contributed by atoms with E-state index in [1.807, 2.05) is 0 Å². The van der Waals surface area contributed by atoms with Crippen molar-refractivity contribution in [2.45, 2.75) is 33.7 Å². The number of carbonyl (C=O) groups excluding carboxylic acids is 2.